The van der Waals surface area contributed by atoms with Crippen molar-refractivity contribution in [1.29, 1.82) is 5.26 Å². The smallest absolute Gasteiger partial charge is 0.255 e. The highest BCUT2D eigenvalue weighted by atomic mass is 35.5. The van der Waals surface area contributed by atoms with Crippen molar-refractivity contribution in [2.75, 3.05) is 11.1 Å². The molecule has 1 amide bonds. The summed E-state index contributed by atoms with van der Waals surface area (Å²) in [5.41, 5.74) is 7.60. The molecule has 2 rings (SSSR count). The van der Waals surface area contributed by atoms with E-state index < -0.39 is 0 Å². The zero-order valence-corrected chi connectivity index (χ0v) is 10.6. The topological polar surface area (TPSA) is 78.9 Å². The summed E-state index contributed by atoms with van der Waals surface area (Å²) in [6.07, 6.45) is 0. The molecule has 0 heterocycles. The summed E-state index contributed by atoms with van der Waals surface area (Å²) in [5, 5.41) is 11.9. The minimum Gasteiger partial charge on any atom is -0.397 e. The minimum absolute atomic E-state index is 0.293. The Morgan fingerprint density at radius 1 is 1.21 bits per heavy atom. The van der Waals surface area contributed by atoms with Gasteiger partial charge in [0.15, 0.2) is 0 Å². The second-order valence-corrected chi connectivity index (χ2v) is 4.31. The molecule has 19 heavy (non-hydrogen) atoms. The second kappa shape index (κ2) is 5.42. The van der Waals surface area contributed by atoms with Gasteiger partial charge in [-0.05, 0) is 42.5 Å². The molecule has 0 unspecified atom stereocenters. The molecule has 5 heteroatoms. The fraction of sp³-hybridized carbons (Fsp3) is 0. The van der Waals surface area contributed by atoms with Gasteiger partial charge >= 0.3 is 0 Å². The van der Waals surface area contributed by atoms with E-state index in [1.165, 1.54) is 0 Å². The van der Waals surface area contributed by atoms with Crippen LogP contribution in [0, 0.1) is 11.3 Å². The van der Waals surface area contributed by atoms with E-state index in [0.717, 1.165) is 0 Å². The summed E-state index contributed by atoms with van der Waals surface area (Å²) in [4.78, 5) is 12.0. The van der Waals surface area contributed by atoms with Gasteiger partial charge in [0, 0.05) is 10.6 Å². The lowest BCUT2D eigenvalue weighted by atomic mass is 10.1. The van der Waals surface area contributed by atoms with Crippen molar-refractivity contribution in [1.82, 2.24) is 0 Å². The molecule has 2 aromatic carbocycles. The first-order valence-electron chi connectivity index (χ1n) is 5.46. The van der Waals surface area contributed by atoms with Crippen molar-refractivity contribution in [3.8, 4) is 6.07 Å². The Morgan fingerprint density at radius 3 is 2.47 bits per heavy atom. The Morgan fingerprint density at radius 2 is 1.89 bits per heavy atom. The van der Waals surface area contributed by atoms with E-state index in [1.807, 2.05) is 6.07 Å². The van der Waals surface area contributed by atoms with E-state index in [9.17, 15) is 4.79 Å². The number of halogens is 1. The highest BCUT2D eigenvalue weighted by Gasteiger charge is 2.08. The van der Waals surface area contributed by atoms with Gasteiger partial charge in [-0.3, -0.25) is 4.79 Å². The molecule has 0 saturated heterocycles. The summed E-state index contributed by atoms with van der Waals surface area (Å²) >= 11 is 5.78. The molecule has 4 nitrogen and oxygen atoms in total. The SMILES string of the molecule is N#Cc1ccc(C(=O)Nc2ccc(Cl)cc2N)cc1. The van der Waals surface area contributed by atoms with E-state index in [-0.39, 0.29) is 5.91 Å². The lowest BCUT2D eigenvalue weighted by Crippen LogP contribution is -2.13. The average Bonchev–Trinajstić information content (AvgIpc) is 2.42. The maximum atomic E-state index is 12.0. The lowest BCUT2D eigenvalue weighted by molar-refractivity contribution is 0.102. The van der Waals surface area contributed by atoms with Gasteiger partial charge < -0.3 is 11.1 Å². The third-order valence-electron chi connectivity index (χ3n) is 2.54. The van der Waals surface area contributed by atoms with E-state index in [0.29, 0.717) is 27.5 Å². The first kappa shape index (κ1) is 12.9. The molecule has 0 radical (unpaired) electrons. The van der Waals surface area contributed by atoms with Crippen LogP contribution in [0.1, 0.15) is 15.9 Å². The van der Waals surface area contributed by atoms with E-state index >= 15 is 0 Å². The van der Waals surface area contributed by atoms with Crippen molar-refractivity contribution in [3.63, 3.8) is 0 Å². The Bertz CT molecular complexity index is 659. The third-order valence-corrected chi connectivity index (χ3v) is 2.77. The molecular formula is C14H10ClN3O. The zero-order chi connectivity index (χ0) is 13.8. The van der Waals surface area contributed by atoms with Crippen LogP contribution >= 0.6 is 11.6 Å². The number of anilines is 2. The molecule has 3 N–H and O–H groups in total. The van der Waals surface area contributed by atoms with Gasteiger partial charge in [0.05, 0.1) is 23.0 Å². The number of benzene rings is 2. The lowest BCUT2D eigenvalue weighted by Gasteiger charge is -2.08. The largest absolute Gasteiger partial charge is 0.397 e. The third kappa shape index (κ3) is 3.03. The van der Waals surface area contributed by atoms with Crippen LogP contribution in [0.4, 0.5) is 11.4 Å². The van der Waals surface area contributed by atoms with Crippen LogP contribution in [0.5, 0.6) is 0 Å². The minimum atomic E-state index is -0.293. The van der Waals surface area contributed by atoms with Crippen LogP contribution < -0.4 is 11.1 Å². The highest BCUT2D eigenvalue weighted by Crippen LogP contribution is 2.23. The molecule has 0 aliphatic heterocycles. The first-order chi connectivity index (χ1) is 9.10. The maximum absolute atomic E-state index is 12.0. The number of rotatable bonds is 2. The normalized spacial score (nSPS) is 9.68. The van der Waals surface area contributed by atoms with Crippen molar-refractivity contribution < 1.29 is 4.79 Å². The van der Waals surface area contributed by atoms with Gasteiger partial charge in [0.2, 0.25) is 0 Å². The van der Waals surface area contributed by atoms with Gasteiger partial charge in [-0.1, -0.05) is 11.6 Å². The fourth-order valence-corrected chi connectivity index (χ4v) is 1.72. The Labute approximate surface area is 115 Å². The number of nitrogens with one attached hydrogen (secondary N) is 1. The summed E-state index contributed by atoms with van der Waals surface area (Å²) in [5.74, 6) is -0.293. The van der Waals surface area contributed by atoms with Crippen LogP contribution in [0.3, 0.4) is 0 Å². The predicted octanol–water partition coefficient (Wildman–Crippen LogP) is 3.05. The van der Waals surface area contributed by atoms with Gasteiger partial charge in [0.25, 0.3) is 5.91 Å². The first-order valence-corrected chi connectivity index (χ1v) is 5.84. The van der Waals surface area contributed by atoms with Gasteiger partial charge in [-0.25, -0.2) is 0 Å². The van der Waals surface area contributed by atoms with Crippen LogP contribution in [0.15, 0.2) is 42.5 Å². The molecule has 2 aromatic rings. The van der Waals surface area contributed by atoms with E-state index in [1.54, 1.807) is 42.5 Å². The maximum Gasteiger partial charge on any atom is 0.255 e. The molecule has 0 aliphatic rings. The van der Waals surface area contributed by atoms with Crippen LogP contribution in [-0.4, -0.2) is 5.91 Å². The monoisotopic (exact) mass is 271 g/mol. The van der Waals surface area contributed by atoms with Crippen molar-refractivity contribution in [3.05, 3.63) is 58.6 Å². The number of amides is 1. The molecule has 0 aliphatic carbocycles. The molecule has 0 fully saturated rings. The number of nitriles is 1. The molecule has 94 valence electrons. The van der Waals surface area contributed by atoms with Crippen LogP contribution in [0.2, 0.25) is 5.02 Å². The highest BCUT2D eigenvalue weighted by molar-refractivity contribution is 6.31. The van der Waals surface area contributed by atoms with Crippen molar-refractivity contribution >= 4 is 28.9 Å². The van der Waals surface area contributed by atoms with Crippen LogP contribution in [0.25, 0.3) is 0 Å². The molecule has 0 atom stereocenters. The number of nitrogens with zero attached hydrogens (tertiary/aromatic N) is 1. The molecule has 0 bridgehead atoms. The van der Waals surface area contributed by atoms with Crippen molar-refractivity contribution in [2.24, 2.45) is 0 Å². The predicted molar refractivity (Wildman–Crippen MR) is 75.0 cm³/mol. The second-order valence-electron chi connectivity index (χ2n) is 3.87. The summed E-state index contributed by atoms with van der Waals surface area (Å²) in [7, 11) is 0. The van der Waals surface area contributed by atoms with Gasteiger partial charge in [0.1, 0.15) is 0 Å². The Balaban J connectivity index is 2.18. The zero-order valence-electron chi connectivity index (χ0n) is 9.85. The van der Waals surface area contributed by atoms with E-state index in [4.69, 9.17) is 22.6 Å². The Hall–Kier alpha value is -2.51. The van der Waals surface area contributed by atoms with E-state index in [2.05, 4.69) is 5.32 Å². The summed E-state index contributed by atoms with van der Waals surface area (Å²) in [6.45, 7) is 0. The van der Waals surface area contributed by atoms with Gasteiger partial charge in [-0.2, -0.15) is 5.26 Å². The van der Waals surface area contributed by atoms with Gasteiger partial charge in [-0.15, -0.1) is 0 Å². The molecular weight excluding hydrogens is 262 g/mol. The number of hydrogen-bond acceptors (Lipinski definition) is 3. The summed E-state index contributed by atoms with van der Waals surface area (Å²) < 4.78 is 0. The Kier molecular flexibility index (Phi) is 3.69. The molecule has 0 saturated carbocycles. The number of carbonyl (C=O) groups excluding carboxylic acids is 1. The van der Waals surface area contributed by atoms with Crippen LogP contribution in [-0.2, 0) is 0 Å². The standard InChI is InChI=1S/C14H10ClN3O/c15-11-5-6-13(12(17)7-11)18-14(19)10-3-1-9(8-16)2-4-10/h1-7H,17H2,(H,18,19). The molecule has 0 aromatic heterocycles. The number of carbonyl (C=O) groups is 1. The quantitative estimate of drug-likeness (QED) is 0.824. The van der Waals surface area contributed by atoms with Crippen molar-refractivity contribution in [2.45, 2.75) is 0 Å². The average molecular weight is 272 g/mol. The number of hydrogen-bond donors (Lipinski definition) is 2. The number of nitrogen functional groups attached to an aromatic ring is 1. The molecule has 0 spiro atoms. The fourth-order valence-electron chi connectivity index (χ4n) is 1.54. The summed E-state index contributed by atoms with van der Waals surface area (Å²) in [6, 6.07) is 13.2. The number of nitrogens with two attached hydrogens (primary N) is 1.